The van der Waals surface area contributed by atoms with Crippen LogP contribution < -0.4 is 5.32 Å². The van der Waals surface area contributed by atoms with Crippen LogP contribution in [0.4, 0.5) is 9.80 Å². The van der Waals surface area contributed by atoms with E-state index in [0.717, 1.165) is 17.8 Å². The molecule has 4 amide bonds. The highest BCUT2D eigenvalue weighted by molar-refractivity contribution is 7.14. The molecule has 3 fully saturated rings. The molecular weight excluding hydrogens is 314 g/mol. The summed E-state index contributed by atoms with van der Waals surface area (Å²) >= 11 is 1.50. The van der Waals surface area contributed by atoms with Crippen molar-refractivity contribution in [2.75, 3.05) is 5.32 Å². The average molecular weight is 333 g/mol. The first-order valence-electron chi connectivity index (χ1n) is 8.11. The number of amides is 4. The normalized spacial score (nSPS) is 30.2. The van der Waals surface area contributed by atoms with Gasteiger partial charge < -0.3 is 4.90 Å². The number of carbonyl (C=O) groups is 3. The molecule has 4 rings (SSSR count). The number of piperidine rings is 1. The minimum atomic E-state index is -0.0579. The molecule has 1 aromatic rings. The van der Waals surface area contributed by atoms with Crippen LogP contribution in [0.5, 0.6) is 0 Å². The highest BCUT2D eigenvalue weighted by atomic mass is 32.1. The van der Waals surface area contributed by atoms with Gasteiger partial charge in [0.25, 0.3) is 0 Å². The number of hydrogen-bond acceptors (Lipinski definition) is 4. The highest BCUT2D eigenvalue weighted by Crippen LogP contribution is 2.39. The predicted octanol–water partition coefficient (Wildman–Crippen LogP) is 2.42. The smallest absolute Gasteiger partial charge is 0.318 e. The van der Waals surface area contributed by atoms with E-state index >= 15 is 0 Å². The first-order chi connectivity index (χ1) is 11.1. The lowest BCUT2D eigenvalue weighted by Gasteiger charge is -2.41. The van der Waals surface area contributed by atoms with Crippen molar-refractivity contribution in [3.63, 3.8) is 0 Å². The van der Waals surface area contributed by atoms with Crippen LogP contribution in [-0.2, 0) is 9.59 Å². The van der Waals surface area contributed by atoms with E-state index in [2.05, 4.69) is 5.32 Å². The molecule has 0 aromatic carbocycles. The van der Waals surface area contributed by atoms with Crippen LogP contribution in [0.25, 0.3) is 0 Å². The van der Waals surface area contributed by atoms with Gasteiger partial charge in [0.1, 0.15) is 0 Å². The minimum absolute atomic E-state index is 0.0270. The number of carbonyl (C=O) groups excluding carboxylic acids is 3. The van der Waals surface area contributed by atoms with E-state index < -0.39 is 0 Å². The van der Waals surface area contributed by atoms with E-state index in [-0.39, 0.29) is 36.0 Å². The Morgan fingerprint density at radius 3 is 2.30 bits per heavy atom. The third-order valence-corrected chi connectivity index (χ3v) is 5.93. The zero-order valence-electron chi connectivity index (χ0n) is 12.7. The zero-order valence-corrected chi connectivity index (χ0v) is 13.6. The van der Waals surface area contributed by atoms with E-state index in [0.29, 0.717) is 25.7 Å². The van der Waals surface area contributed by atoms with E-state index in [9.17, 15) is 14.4 Å². The van der Waals surface area contributed by atoms with E-state index in [1.54, 1.807) is 0 Å². The number of rotatable bonds is 2. The molecule has 3 saturated heterocycles. The van der Waals surface area contributed by atoms with Crippen molar-refractivity contribution in [2.45, 2.75) is 56.7 Å². The summed E-state index contributed by atoms with van der Waals surface area (Å²) < 4.78 is 0. The van der Waals surface area contributed by atoms with Crippen LogP contribution in [0.2, 0.25) is 0 Å². The first kappa shape index (κ1) is 14.7. The number of thiophene rings is 1. The van der Waals surface area contributed by atoms with Crippen LogP contribution in [0.15, 0.2) is 17.5 Å². The fraction of sp³-hybridized carbons (Fsp3) is 0.562. The summed E-state index contributed by atoms with van der Waals surface area (Å²) in [5, 5.41) is 5.73. The lowest BCUT2D eigenvalue weighted by Crippen LogP contribution is -2.54. The molecule has 7 heteroatoms. The lowest BCUT2D eigenvalue weighted by molar-refractivity contribution is -0.142. The molecule has 0 spiro atoms. The van der Waals surface area contributed by atoms with Gasteiger partial charge in [-0.1, -0.05) is 0 Å². The molecule has 0 saturated carbocycles. The van der Waals surface area contributed by atoms with Crippen molar-refractivity contribution in [2.24, 2.45) is 0 Å². The summed E-state index contributed by atoms with van der Waals surface area (Å²) in [7, 11) is 0. The SMILES string of the molecule is O=C1CCC(=O)N1C1CC2CCC(C1)N2C(=O)Nc1cccs1. The van der Waals surface area contributed by atoms with Gasteiger partial charge in [-0.05, 0) is 43.2 Å². The molecule has 6 nitrogen and oxygen atoms in total. The van der Waals surface area contributed by atoms with Crippen molar-refractivity contribution < 1.29 is 14.4 Å². The Bertz CT molecular complexity index is 615. The van der Waals surface area contributed by atoms with Gasteiger partial charge in [0.05, 0.1) is 5.00 Å². The fourth-order valence-corrected chi connectivity index (χ4v) is 4.82. The third-order valence-electron chi connectivity index (χ3n) is 5.15. The summed E-state index contributed by atoms with van der Waals surface area (Å²) in [5.74, 6) is -0.0909. The van der Waals surface area contributed by atoms with Crippen LogP contribution in [0, 0.1) is 0 Å². The maximum absolute atomic E-state index is 12.6. The minimum Gasteiger partial charge on any atom is -0.318 e. The third kappa shape index (κ3) is 2.52. The van der Waals surface area contributed by atoms with Crippen molar-refractivity contribution >= 4 is 34.2 Å². The van der Waals surface area contributed by atoms with Gasteiger partial charge in [-0.25, -0.2) is 4.79 Å². The molecule has 3 aliphatic heterocycles. The van der Waals surface area contributed by atoms with Gasteiger partial charge in [0, 0.05) is 31.0 Å². The number of urea groups is 1. The number of imide groups is 1. The number of nitrogens with zero attached hydrogens (tertiary/aromatic N) is 2. The second-order valence-electron chi connectivity index (χ2n) is 6.48. The molecule has 1 aromatic heterocycles. The Balaban J connectivity index is 1.47. The Hall–Kier alpha value is -1.89. The lowest BCUT2D eigenvalue weighted by atomic mass is 9.96. The Kier molecular flexibility index (Phi) is 3.60. The van der Waals surface area contributed by atoms with Gasteiger partial charge in [-0.15, -0.1) is 11.3 Å². The van der Waals surface area contributed by atoms with Crippen LogP contribution in [0.3, 0.4) is 0 Å². The van der Waals surface area contributed by atoms with Gasteiger partial charge in [-0.3, -0.25) is 19.8 Å². The summed E-state index contributed by atoms with van der Waals surface area (Å²) in [6, 6.07) is 3.96. The quantitative estimate of drug-likeness (QED) is 0.845. The first-order valence-corrected chi connectivity index (χ1v) is 8.99. The molecule has 2 unspecified atom stereocenters. The van der Waals surface area contributed by atoms with Crippen LogP contribution >= 0.6 is 11.3 Å². The molecule has 0 radical (unpaired) electrons. The van der Waals surface area contributed by atoms with E-state index in [1.807, 2.05) is 22.4 Å². The molecule has 2 atom stereocenters. The highest BCUT2D eigenvalue weighted by Gasteiger charge is 2.47. The molecule has 0 aliphatic carbocycles. The Morgan fingerprint density at radius 2 is 1.74 bits per heavy atom. The number of nitrogens with one attached hydrogen (secondary N) is 1. The molecule has 1 N–H and O–H groups in total. The van der Waals surface area contributed by atoms with Crippen molar-refractivity contribution in [1.82, 2.24) is 9.80 Å². The topological polar surface area (TPSA) is 69.7 Å². The standard InChI is InChI=1S/C16H19N3O3S/c20-14-5-6-15(21)19(14)12-8-10-3-4-11(9-12)18(10)16(22)17-13-2-1-7-23-13/h1-2,7,10-12H,3-6,8-9H2,(H,17,22). The fourth-order valence-electron chi connectivity index (χ4n) is 4.21. The molecule has 122 valence electrons. The summed E-state index contributed by atoms with van der Waals surface area (Å²) in [5.41, 5.74) is 0. The monoisotopic (exact) mass is 333 g/mol. The van der Waals surface area contributed by atoms with Gasteiger partial charge in [0.2, 0.25) is 11.8 Å². The molecule has 23 heavy (non-hydrogen) atoms. The Morgan fingerprint density at radius 1 is 1.09 bits per heavy atom. The maximum Gasteiger partial charge on any atom is 0.322 e. The molecule has 2 bridgehead atoms. The summed E-state index contributed by atoms with van der Waals surface area (Å²) in [4.78, 5) is 39.9. The van der Waals surface area contributed by atoms with E-state index in [1.165, 1.54) is 16.2 Å². The van der Waals surface area contributed by atoms with Crippen LogP contribution in [0.1, 0.15) is 38.5 Å². The van der Waals surface area contributed by atoms with Gasteiger partial charge in [-0.2, -0.15) is 0 Å². The second-order valence-corrected chi connectivity index (χ2v) is 7.43. The molecule has 4 heterocycles. The zero-order chi connectivity index (χ0) is 16.0. The summed E-state index contributed by atoms with van der Waals surface area (Å²) in [6.45, 7) is 0. The van der Waals surface area contributed by atoms with Crippen molar-refractivity contribution in [3.8, 4) is 0 Å². The van der Waals surface area contributed by atoms with Gasteiger partial charge >= 0.3 is 6.03 Å². The van der Waals surface area contributed by atoms with Crippen LogP contribution in [-0.4, -0.2) is 45.8 Å². The number of likely N-dealkylation sites (tertiary alicyclic amines) is 1. The van der Waals surface area contributed by atoms with Crippen molar-refractivity contribution in [1.29, 1.82) is 0 Å². The maximum atomic E-state index is 12.6. The van der Waals surface area contributed by atoms with E-state index in [4.69, 9.17) is 0 Å². The number of hydrogen-bond donors (Lipinski definition) is 1. The second kappa shape index (κ2) is 5.63. The Labute approximate surface area is 138 Å². The number of fused-ring (bicyclic) bond motifs is 2. The van der Waals surface area contributed by atoms with Crippen molar-refractivity contribution in [3.05, 3.63) is 17.5 Å². The summed E-state index contributed by atoms with van der Waals surface area (Å²) in [6.07, 6.45) is 4.02. The average Bonchev–Trinajstić information content (AvgIpc) is 3.20. The largest absolute Gasteiger partial charge is 0.322 e. The number of anilines is 1. The van der Waals surface area contributed by atoms with Gasteiger partial charge in [0.15, 0.2) is 0 Å². The predicted molar refractivity (Wildman–Crippen MR) is 86.1 cm³/mol. The molecule has 3 aliphatic rings. The molecular formula is C16H19N3O3S.